The van der Waals surface area contributed by atoms with Gasteiger partial charge in [0.25, 0.3) is 0 Å². The van der Waals surface area contributed by atoms with Gasteiger partial charge in [-0.3, -0.25) is 0 Å². The Morgan fingerprint density at radius 1 is 1.22 bits per heavy atom. The van der Waals surface area contributed by atoms with Crippen LogP contribution in [0.4, 0.5) is 0 Å². The van der Waals surface area contributed by atoms with Crippen LogP contribution in [0.5, 0.6) is 0 Å². The summed E-state index contributed by atoms with van der Waals surface area (Å²) in [5.74, 6) is 1.57. The summed E-state index contributed by atoms with van der Waals surface area (Å²) in [6.45, 7) is 0.466. The predicted octanol–water partition coefficient (Wildman–Crippen LogP) is 3.32. The fourth-order valence-corrected chi connectivity index (χ4v) is 1.91. The van der Waals surface area contributed by atoms with E-state index in [-0.39, 0.29) is 6.04 Å². The van der Waals surface area contributed by atoms with Gasteiger partial charge in [-0.1, -0.05) is 23.7 Å². The summed E-state index contributed by atoms with van der Waals surface area (Å²) in [4.78, 5) is 0. The standard InChI is InChI=1S/C14H16ClNO2/c1-17-9-12-6-7-14(18-12)13(16)8-10-2-4-11(15)5-3-10/h2-7,13H,8-9,16H2,1H3. The molecule has 2 aromatic rings. The first-order valence-electron chi connectivity index (χ1n) is 5.76. The molecule has 1 aromatic heterocycles. The van der Waals surface area contributed by atoms with Crippen molar-refractivity contribution in [3.8, 4) is 0 Å². The highest BCUT2D eigenvalue weighted by Gasteiger charge is 2.11. The topological polar surface area (TPSA) is 48.4 Å². The van der Waals surface area contributed by atoms with E-state index < -0.39 is 0 Å². The smallest absolute Gasteiger partial charge is 0.129 e. The molecule has 0 aliphatic carbocycles. The third kappa shape index (κ3) is 3.35. The van der Waals surface area contributed by atoms with E-state index in [1.54, 1.807) is 7.11 Å². The minimum atomic E-state index is -0.156. The molecule has 0 amide bonds. The van der Waals surface area contributed by atoms with Crippen LogP contribution in [0.2, 0.25) is 5.02 Å². The molecule has 0 saturated carbocycles. The second-order valence-corrected chi connectivity index (χ2v) is 4.61. The lowest BCUT2D eigenvalue weighted by Gasteiger charge is -2.09. The van der Waals surface area contributed by atoms with Crippen LogP contribution in [-0.4, -0.2) is 7.11 Å². The van der Waals surface area contributed by atoms with Crippen molar-refractivity contribution < 1.29 is 9.15 Å². The minimum Gasteiger partial charge on any atom is -0.462 e. The number of benzene rings is 1. The van der Waals surface area contributed by atoms with E-state index in [0.29, 0.717) is 6.61 Å². The summed E-state index contributed by atoms with van der Waals surface area (Å²) in [6.07, 6.45) is 0.719. The number of nitrogens with two attached hydrogens (primary N) is 1. The van der Waals surface area contributed by atoms with Crippen molar-refractivity contribution in [1.82, 2.24) is 0 Å². The number of halogens is 1. The van der Waals surface area contributed by atoms with Crippen molar-refractivity contribution in [2.75, 3.05) is 7.11 Å². The van der Waals surface area contributed by atoms with Crippen LogP contribution in [0, 0.1) is 0 Å². The van der Waals surface area contributed by atoms with Crippen LogP contribution >= 0.6 is 11.6 Å². The zero-order chi connectivity index (χ0) is 13.0. The molecule has 2 rings (SSSR count). The molecule has 3 nitrogen and oxygen atoms in total. The molecule has 1 atom stereocenters. The first-order valence-corrected chi connectivity index (χ1v) is 6.14. The molecule has 1 heterocycles. The SMILES string of the molecule is COCc1ccc(C(N)Cc2ccc(Cl)cc2)o1. The molecule has 0 fully saturated rings. The van der Waals surface area contributed by atoms with Gasteiger partial charge in [0.15, 0.2) is 0 Å². The van der Waals surface area contributed by atoms with Crippen LogP contribution in [0.15, 0.2) is 40.8 Å². The number of rotatable bonds is 5. The van der Waals surface area contributed by atoms with E-state index in [9.17, 15) is 0 Å². The molecule has 0 aliphatic heterocycles. The number of hydrogen-bond acceptors (Lipinski definition) is 3. The van der Waals surface area contributed by atoms with Crippen molar-refractivity contribution in [3.05, 3.63) is 58.5 Å². The third-order valence-electron chi connectivity index (χ3n) is 2.70. The Balaban J connectivity index is 2.02. The van der Waals surface area contributed by atoms with Crippen LogP contribution in [-0.2, 0) is 17.8 Å². The Kier molecular flexibility index (Phi) is 4.42. The van der Waals surface area contributed by atoms with Crippen LogP contribution < -0.4 is 5.73 Å². The molecule has 1 aromatic carbocycles. The summed E-state index contributed by atoms with van der Waals surface area (Å²) in [5, 5.41) is 0.729. The van der Waals surface area contributed by atoms with Crippen molar-refractivity contribution in [2.45, 2.75) is 19.1 Å². The normalized spacial score (nSPS) is 12.6. The summed E-state index contributed by atoms with van der Waals surface area (Å²) >= 11 is 5.84. The van der Waals surface area contributed by atoms with E-state index in [2.05, 4.69) is 0 Å². The van der Waals surface area contributed by atoms with Crippen molar-refractivity contribution in [2.24, 2.45) is 5.73 Å². The molecule has 2 N–H and O–H groups in total. The average Bonchev–Trinajstić information content (AvgIpc) is 2.81. The number of methoxy groups -OCH3 is 1. The van der Waals surface area contributed by atoms with Gasteiger partial charge in [0.2, 0.25) is 0 Å². The zero-order valence-electron chi connectivity index (χ0n) is 10.2. The summed E-state index contributed by atoms with van der Waals surface area (Å²) < 4.78 is 10.6. The van der Waals surface area contributed by atoms with E-state index in [4.69, 9.17) is 26.5 Å². The van der Waals surface area contributed by atoms with E-state index in [1.165, 1.54) is 0 Å². The first-order chi connectivity index (χ1) is 8.69. The fourth-order valence-electron chi connectivity index (χ4n) is 1.79. The van der Waals surface area contributed by atoms with Gasteiger partial charge in [-0.05, 0) is 36.2 Å². The predicted molar refractivity (Wildman–Crippen MR) is 71.5 cm³/mol. The average molecular weight is 266 g/mol. The van der Waals surface area contributed by atoms with Crippen LogP contribution in [0.3, 0.4) is 0 Å². The van der Waals surface area contributed by atoms with Gasteiger partial charge in [0, 0.05) is 12.1 Å². The van der Waals surface area contributed by atoms with Crippen LogP contribution in [0.25, 0.3) is 0 Å². The molecule has 0 aliphatic rings. The van der Waals surface area contributed by atoms with Gasteiger partial charge < -0.3 is 14.9 Å². The van der Waals surface area contributed by atoms with Crippen molar-refractivity contribution in [1.29, 1.82) is 0 Å². The Hall–Kier alpha value is -1.29. The van der Waals surface area contributed by atoms with Gasteiger partial charge in [-0.2, -0.15) is 0 Å². The highest BCUT2D eigenvalue weighted by Crippen LogP contribution is 2.20. The monoisotopic (exact) mass is 265 g/mol. The Morgan fingerprint density at radius 2 is 1.94 bits per heavy atom. The molecule has 0 bridgehead atoms. The maximum absolute atomic E-state index is 6.11. The van der Waals surface area contributed by atoms with E-state index in [0.717, 1.165) is 28.5 Å². The number of furan rings is 1. The third-order valence-corrected chi connectivity index (χ3v) is 2.96. The second-order valence-electron chi connectivity index (χ2n) is 4.17. The first kappa shape index (κ1) is 13.1. The lowest BCUT2D eigenvalue weighted by Crippen LogP contribution is -2.12. The van der Waals surface area contributed by atoms with Gasteiger partial charge >= 0.3 is 0 Å². The Bertz CT molecular complexity index is 493. The van der Waals surface area contributed by atoms with Gasteiger partial charge in [0.1, 0.15) is 18.1 Å². The lowest BCUT2D eigenvalue weighted by atomic mass is 10.1. The van der Waals surface area contributed by atoms with E-state index >= 15 is 0 Å². The summed E-state index contributed by atoms with van der Waals surface area (Å²) in [6, 6.07) is 11.3. The van der Waals surface area contributed by atoms with E-state index in [1.807, 2.05) is 36.4 Å². The highest BCUT2D eigenvalue weighted by molar-refractivity contribution is 6.30. The molecule has 0 radical (unpaired) electrons. The highest BCUT2D eigenvalue weighted by atomic mass is 35.5. The number of hydrogen-bond donors (Lipinski definition) is 1. The molecular formula is C14H16ClNO2. The zero-order valence-corrected chi connectivity index (χ0v) is 11.0. The Morgan fingerprint density at radius 3 is 2.61 bits per heavy atom. The van der Waals surface area contributed by atoms with Gasteiger partial charge in [0.05, 0.1) is 6.04 Å². The molecule has 1 unspecified atom stereocenters. The molecule has 0 spiro atoms. The van der Waals surface area contributed by atoms with Gasteiger partial charge in [-0.15, -0.1) is 0 Å². The maximum atomic E-state index is 6.11. The second kappa shape index (κ2) is 6.05. The quantitative estimate of drug-likeness (QED) is 0.902. The Labute approximate surface area is 111 Å². The maximum Gasteiger partial charge on any atom is 0.129 e. The lowest BCUT2D eigenvalue weighted by molar-refractivity contribution is 0.162. The van der Waals surface area contributed by atoms with Crippen molar-refractivity contribution >= 4 is 11.6 Å². The molecule has 18 heavy (non-hydrogen) atoms. The molecule has 96 valence electrons. The minimum absolute atomic E-state index is 0.156. The molecule has 4 heteroatoms. The fraction of sp³-hybridized carbons (Fsp3) is 0.286. The number of ether oxygens (including phenoxy) is 1. The molecular weight excluding hydrogens is 250 g/mol. The van der Waals surface area contributed by atoms with Crippen molar-refractivity contribution in [3.63, 3.8) is 0 Å². The van der Waals surface area contributed by atoms with Gasteiger partial charge in [-0.25, -0.2) is 0 Å². The molecule has 0 saturated heterocycles. The summed E-state index contributed by atoms with van der Waals surface area (Å²) in [7, 11) is 1.63. The summed E-state index contributed by atoms with van der Waals surface area (Å²) in [5.41, 5.74) is 7.24. The largest absolute Gasteiger partial charge is 0.462 e. The van der Waals surface area contributed by atoms with Crippen LogP contribution in [0.1, 0.15) is 23.1 Å².